The Labute approximate surface area is 154 Å². The van der Waals surface area contributed by atoms with Crippen LogP contribution in [0.2, 0.25) is 5.02 Å². The van der Waals surface area contributed by atoms with Crippen molar-refractivity contribution in [1.82, 2.24) is 0 Å². The fourth-order valence-electron chi connectivity index (χ4n) is 3.68. The van der Waals surface area contributed by atoms with Crippen molar-refractivity contribution in [2.75, 3.05) is 11.9 Å². The van der Waals surface area contributed by atoms with Crippen molar-refractivity contribution in [3.8, 4) is 5.75 Å². The van der Waals surface area contributed by atoms with Gasteiger partial charge in [-0.2, -0.15) is 0 Å². The van der Waals surface area contributed by atoms with E-state index in [0.29, 0.717) is 17.4 Å². The lowest BCUT2D eigenvalue weighted by atomic mass is 9.68. The summed E-state index contributed by atoms with van der Waals surface area (Å²) in [4.78, 5) is 13.3. The molecule has 4 heteroatoms. The number of halogens is 1. The molecular formula is C21H24ClNO2. The van der Waals surface area contributed by atoms with Gasteiger partial charge in [-0.25, -0.2) is 0 Å². The highest BCUT2D eigenvalue weighted by atomic mass is 35.5. The second-order valence-electron chi connectivity index (χ2n) is 6.54. The Bertz CT molecular complexity index is 738. The maximum Gasteiger partial charge on any atom is 0.235 e. The summed E-state index contributed by atoms with van der Waals surface area (Å²) >= 11 is 6.21. The first kappa shape index (κ1) is 17.8. The number of hydrogen-bond acceptors (Lipinski definition) is 2. The van der Waals surface area contributed by atoms with Crippen molar-refractivity contribution in [3.05, 3.63) is 59.1 Å². The first-order valence-electron chi connectivity index (χ1n) is 8.95. The lowest BCUT2D eigenvalue weighted by Crippen LogP contribution is -2.42. The average Bonchev–Trinajstić information content (AvgIpc) is 2.64. The molecule has 0 spiro atoms. The van der Waals surface area contributed by atoms with E-state index >= 15 is 0 Å². The van der Waals surface area contributed by atoms with E-state index in [-0.39, 0.29) is 5.91 Å². The molecule has 2 aromatic carbocycles. The molecule has 0 radical (unpaired) electrons. The van der Waals surface area contributed by atoms with Gasteiger partial charge in [0.25, 0.3) is 0 Å². The van der Waals surface area contributed by atoms with Gasteiger partial charge in [0, 0.05) is 5.02 Å². The molecule has 0 aromatic heterocycles. The van der Waals surface area contributed by atoms with Crippen molar-refractivity contribution in [3.63, 3.8) is 0 Å². The van der Waals surface area contributed by atoms with Crippen molar-refractivity contribution in [2.45, 2.75) is 44.4 Å². The van der Waals surface area contributed by atoms with Crippen molar-refractivity contribution in [1.29, 1.82) is 0 Å². The molecule has 1 fully saturated rings. The standard InChI is InChI=1S/C21H24ClNO2/c1-2-25-19-12-5-4-11-18(19)23-20(24)21(13-6-3-7-14-21)16-9-8-10-17(22)15-16/h4-5,8-12,15H,2-3,6-7,13-14H2,1H3,(H,23,24). The zero-order valence-corrected chi connectivity index (χ0v) is 15.3. The summed E-state index contributed by atoms with van der Waals surface area (Å²) < 4.78 is 5.65. The molecule has 3 rings (SSSR count). The number of carbonyl (C=O) groups is 1. The molecule has 0 bridgehead atoms. The number of carbonyl (C=O) groups excluding carboxylic acids is 1. The molecule has 1 aliphatic carbocycles. The van der Waals surface area contributed by atoms with Gasteiger partial charge in [-0.15, -0.1) is 0 Å². The third-order valence-corrected chi connectivity index (χ3v) is 5.19. The number of nitrogens with one attached hydrogen (secondary N) is 1. The second-order valence-corrected chi connectivity index (χ2v) is 6.97. The maximum atomic E-state index is 13.3. The highest BCUT2D eigenvalue weighted by Gasteiger charge is 2.41. The minimum absolute atomic E-state index is 0.0293. The highest BCUT2D eigenvalue weighted by Crippen LogP contribution is 2.41. The molecule has 1 saturated carbocycles. The Morgan fingerprint density at radius 3 is 2.60 bits per heavy atom. The normalized spacial score (nSPS) is 16.2. The van der Waals surface area contributed by atoms with Crippen molar-refractivity contribution in [2.24, 2.45) is 0 Å². The Morgan fingerprint density at radius 2 is 1.88 bits per heavy atom. The van der Waals surface area contributed by atoms with Gasteiger partial charge in [0.1, 0.15) is 5.75 Å². The van der Waals surface area contributed by atoms with Gasteiger partial charge >= 0.3 is 0 Å². The number of hydrogen-bond donors (Lipinski definition) is 1. The molecule has 132 valence electrons. The van der Waals surface area contributed by atoms with Gasteiger partial charge in [0.15, 0.2) is 0 Å². The second kappa shape index (κ2) is 7.92. The Kier molecular flexibility index (Phi) is 5.64. The van der Waals surface area contributed by atoms with Crippen molar-refractivity contribution < 1.29 is 9.53 Å². The van der Waals surface area contributed by atoms with Gasteiger partial charge in [0.05, 0.1) is 17.7 Å². The predicted molar refractivity (Wildman–Crippen MR) is 102 cm³/mol. The topological polar surface area (TPSA) is 38.3 Å². The van der Waals surface area contributed by atoms with E-state index < -0.39 is 5.41 Å². The van der Waals surface area contributed by atoms with Crippen LogP contribution in [0.15, 0.2) is 48.5 Å². The first-order chi connectivity index (χ1) is 12.2. The van der Waals surface area contributed by atoms with E-state index in [0.717, 1.165) is 36.9 Å². The van der Waals surface area contributed by atoms with Crippen LogP contribution in [0.5, 0.6) is 5.75 Å². The summed E-state index contributed by atoms with van der Waals surface area (Å²) in [5.41, 5.74) is 1.20. The van der Waals surface area contributed by atoms with Crippen LogP contribution in [0, 0.1) is 0 Å². The van der Waals surface area contributed by atoms with E-state index in [4.69, 9.17) is 16.3 Å². The van der Waals surface area contributed by atoms with Crippen LogP contribution >= 0.6 is 11.6 Å². The van der Waals surface area contributed by atoms with Gasteiger partial charge in [0.2, 0.25) is 5.91 Å². The van der Waals surface area contributed by atoms with Crippen molar-refractivity contribution >= 4 is 23.2 Å². The maximum absolute atomic E-state index is 13.3. The first-order valence-corrected chi connectivity index (χ1v) is 9.33. The molecule has 25 heavy (non-hydrogen) atoms. The van der Waals surface area contributed by atoms with Gasteiger partial charge < -0.3 is 10.1 Å². The fourth-order valence-corrected chi connectivity index (χ4v) is 3.87. The molecule has 0 saturated heterocycles. The summed E-state index contributed by atoms with van der Waals surface area (Å²) in [6, 6.07) is 15.3. The largest absolute Gasteiger partial charge is 0.492 e. The lowest BCUT2D eigenvalue weighted by Gasteiger charge is -2.36. The van der Waals surface area contributed by atoms with Crippen LogP contribution in [0.1, 0.15) is 44.6 Å². The predicted octanol–water partition coefficient (Wildman–Crippen LogP) is 5.58. The van der Waals surface area contributed by atoms with Crippen LogP contribution in [0.25, 0.3) is 0 Å². The number of amides is 1. The van der Waals surface area contributed by atoms with Crippen LogP contribution < -0.4 is 10.1 Å². The van der Waals surface area contributed by atoms with Gasteiger partial charge in [-0.05, 0) is 49.6 Å². The molecule has 2 aromatic rings. The van der Waals surface area contributed by atoms with E-state index in [9.17, 15) is 4.79 Å². The summed E-state index contributed by atoms with van der Waals surface area (Å²) in [5.74, 6) is 0.733. The SMILES string of the molecule is CCOc1ccccc1NC(=O)C1(c2cccc(Cl)c2)CCCCC1. The van der Waals surface area contributed by atoms with Gasteiger partial charge in [-0.1, -0.05) is 55.1 Å². The molecule has 1 amide bonds. The van der Waals surface area contributed by atoms with Crippen LogP contribution in [-0.4, -0.2) is 12.5 Å². The zero-order valence-electron chi connectivity index (χ0n) is 14.6. The summed E-state index contributed by atoms with van der Waals surface area (Å²) in [6.07, 6.45) is 4.96. The molecular weight excluding hydrogens is 334 g/mol. The summed E-state index contributed by atoms with van der Waals surface area (Å²) in [7, 11) is 0. The average molecular weight is 358 g/mol. The summed E-state index contributed by atoms with van der Waals surface area (Å²) in [6.45, 7) is 2.50. The minimum atomic E-state index is -0.525. The lowest BCUT2D eigenvalue weighted by molar-refractivity contribution is -0.122. The molecule has 1 aliphatic rings. The van der Waals surface area contributed by atoms with Crippen LogP contribution in [0.3, 0.4) is 0 Å². The smallest absolute Gasteiger partial charge is 0.235 e. The quantitative estimate of drug-likeness (QED) is 0.758. The highest BCUT2D eigenvalue weighted by molar-refractivity contribution is 6.30. The summed E-state index contributed by atoms with van der Waals surface area (Å²) in [5, 5.41) is 3.79. The Hall–Kier alpha value is -2.00. The number of benzene rings is 2. The molecule has 0 atom stereocenters. The monoisotopic (exact) mass is 357 g/mol. The minimum Gasteiger partial charge on any atom is -0.492 e. The molecule has 0 heterocycles. The Balaban J connectivity index is 1.93. The number of rotatable bonds is 5. The third-order valence-electron chi connectivity index (χ3n) is 4.95. The van der Waals surface area contributed by atoms with Crippen LogP contribution in [0.4, 0.5) is 5.69 Å². The molecule has 0 unspecified atom stereocenters. The Morgan fingerprint density at radius 1 is 1.12 bits per heavy atom. The molecule has 3 nitrogen and oxygen atoms in total. The molecule has 0 aliphatic heterocycles. The van der Waals surface area contributed by atoms with E-state index in [1.807, 2.05) is 55.5 Å². The van der Waals surface area contributed by atoms with Gasteiger partial charge in [-0.3, -0.25) is 4.79 Å². The number of anilines is 1. The number of ether oxygens (including phenoxy) is 1. The van der Waals surface area contributed by atoms with E-state index in [1.54, 1.807) is 0 Å². The molecule has 1 N–H and O–H groups in total. The zero-order chi connectivity index (χ0) is 17.7. The fraction of sp³-hybridized carbons (Fsp3) is 0.381. The van der Waals surface area contributed by atoms with Crippen LogP contribution in [-0.2, 0) is 10.2 Å². The third kappa shape index (κ3) is 3.82. The van der Waals surface area contributed by atoms with E-state index in [2.05, 4.69) is 5.32 Å². The number of para-hydroxylation sites is 2. The van der Waals surface area contributed by atoms with E-state index in [1.165, 1.54) is 6.42 Å².